The molecule has 0 aliphatic heterocycles. The van der Waals surface area contributed by atoms with Crippen LogP contribution in [0.15, 0.2) is 18.3 Å². The number of hydrogen-bond acceptors (Lipinski definition) is 4. The van der Waals surface area contributed by atoms with Crippen LogP contribution in [0.25, 0.3) is 0 Å². The molecular weight excluding hydrogens is 272 g/mol. The maximum Gasteiger partial charge on any atom is 0.308 e. The Balaban J connectivity index is 1.98. The van der Waals surface area contributed by atoms with E-state index in [2.05, 4.69) is 10.3 Å². The molecule has 0 unspecified atom stereocenters. The van der Waals surface area contributed by atoms with Gasteiger partial charge in [0.1, 0.15) is 0 Å². The number of hydrogen-bond donors (Lipinski definition) is 2. The molecular formula is C15H20N2O4. The van der Waals surface area contributed by atoms with E-state index in [4.69, 9.17) is 9.84 Å². The molecule has 1 saturated carbocycles. The Morgan fingerprint density at radius 1 is 1.38 bits per heavy atom. The average Bonchev–Trinajstić information content (AvgIpc) is 2.87. The highest BCUT2D eigenvalue weighted by atomic mass is 16.5. The Morgan fingerprint density at radius 2 is 2.14 bits per heavy atom. The lowest BCUT2D eigenvalue weighted by Crippen LogP contribution is -2.40. The van der Waals surface area contributed by atoms with Crippen LogP contribution in [0.2, 0.25) is 0 Å². The normalized spacial score (nSPS) is 21.3. The minimum atomic E-state index is -0.850. The van der Waals surface area contributed by atoms with Crippen LogP contribution in [0.5, 0.6) is 5.88 Å². The van der Waals surface area contributed by atoms with Gasteiger partial charge in [-0.15, -0.1) is 0 Å². The van der Waals surface area contributed by atoms with Gasteiger partial charge in [0.25, 0.3) is 5.91 Å². The molecule has 6 heteroatoms. The Hall–Kier alpha value is -2.11. The zero-order valence-electron chi connectivity index (χ0n) is 12.2. The molecule has 2 N–H and O–H groups in total. The topological polar surface area (TPSA) is 88.5 Å². The SMILES string of the molecule is CC(C)Oc1ccc(C(=O)N[C@@H]2CCC[C@@H]2C(=O)O)cn1. The summed E-state index contributed by atoms with van der Waals surface area (Å²) in [5, 5.41) is 11.9. The molecule has 1 heterocycles. The second-order valence-corrected chi connectivity index (χ2v) is 5.51. The summed E-state index contributed by atoms with van der Waals surface area (Å²) in [6.45, 7) is 3.79. The first-order chi connectivity index (χ1) is 9.97. The highest BCUT2D eigenvalue weighted by molar-refractivity contribution is 5.94. The van der Waals surface area contributed by atoms with Crippen LogP contribution >= 0.6 is 0 Å². The van der Waals surface area contributed by atoms with Crippen molar-refractivity contribution in [1.29, 1.82) is 0 Å². The molecule has 2 rings (SSSR count). The molecule has 1 aromatic rings. The maximum atomic E-state index is 12.1. The number of rotatable bonds is 5. The molecule has 0 bridgehead atoms. The summed E-state index contributed by atoms with van der Waals surface area (Å²) in [6.07, 6.45) is 3.59. The second-order valence-electron chi connectivity index (χ2n) is 5.51. The van der Waals surface area contributed by atoms with E-state index < -0.39 is 11.9 Å². The number of amides is 1. The van der Waals surface area contributed by atoms with E-state index in [9.17, 15) is 9.59 Å². The van der Waals surface area contributed by atoms with Crippen molar-refractivity contribution in [3.63, 3.8) is 0 Å². The Bertz CT molecular complexity index is 513. The van der Waals surface area contributed by atoms with Crippen molar-refractivity contribution < 1.29 is 19.4 Å². The fraction of sp³-hybridized carbons (Fsp3) is 0.533. The van der Waals surface area contributed by atoms with Crippen LogP contribution < -0.4 is 10.1 Å². The van der Waals surface area contributed by atoms with Gasteiger partial charge in [0, 0.05) is 18.3 Å². The molecule has 1 fully saturated rings. The van der Waals surface area contributed by atoms with Crippen molar-refractivity contribution in [2.75, 3.05) is 0 Å². The summed E-state index contributed by atoms with van der Waals surface area (Å²) >= 11 is 0. The minimum Gasteiger partial charge on any atom is -0.481 e. The molecule has 1 amide bonds. The number of ether oxygens (including phenoxy) is 1. The third kappa shape index (κ3) is 3.93. The van der Waals surface area contributed by atoms with Crippen molar-refractivity contribution >= 4 is 11.9 Å². The number of carboxylic acids is 1. The lowest BCUT2D eigenvalue weighted by atomic mass is 10.0. The van der Waals surface area contributed by atoms with Crippen molar-refractivity contribution in [3.8, 4) is 5.88 Å². The van der Waals surface area contributed by atoms with Gasteiger partial charge in [-0.05, 0) is 32.8 Å². The van der Waals surface area contributed by atoms with Gasteiger partial charge in [-0.3, -0.25) is 9.59 Å². The van der Waals surface area contributed by atoms with Crippen LogP contribution in [0.4, 0.5) is 0 Å². The van der Waals surface area contributed by atoms with Crippen LogP contribution in [0.1, 0.15) is 43.5 Å². The lowest BCUT2D eigenvalue weighted by Gasteiger charge is -2.17. The molecule has 114 valence electrons. The fourth-order valence-corrected chi connectivity index (χ4v) is 2.51. The largest absolute Gasteiger partial charge is 0.481 e. The van der Waals surface area contributed by atoms with E-state index in [1.165, 1.54) is 6.20 Å². The highest BCUT2D eigenvalue weighted by Gasteiger charge is 2.34. The first-order valence-electron chi connectivity index (χ1n) is 7.13. The molecule has 1 aliphatic carbocycles. The van der Waals surface area contributed by atoms with Crippen molar-refractivity contribution in [2.24, 2.45) is 5.92 Å². The molecule has 1 aliphatic rings. The van der Waals surface area contributed by atoms with Gasteiger partial charge in [0.15, 0.2) is 0 Å². The molecule has 0 saturated heterocycles. The van der Waals surface area contributed by atoms with Gasteiger partial charge >= 0.3 is 5.97 Å². The van der Waals surface area contributed by atoms with Crippen LogP contribution in [-0.4, -0.2) is 34.1 Å². The number of aromatic nitrogens is 1. The minimum absolute atomic E-state index is 0.0204. The summed E-state index contributed by atoms with van der Waals surface area (Å²) in [5.74, 6) is -1.18. The van der Waals surface area contributed by atoms with E-state index in [1.54, 1.807) is 12.1 Å². The van der Waals surface area contributed by atoms with E-state index in [0.717, 1.165) is 6.42 Å². The molecule has 6 nitrogen and oxygen atoms in total. The van der Waals surface area contributed by atoms with Gasteiger partial charge in [-0.25, -0.2) is 4.98 Å². The lowest BCUT2D eigenvalue weighted by molar-refractivity contribution is -0.142. The van der Waals surface area contributed by atoms with Crippen molar-refractivity contribution in [2.45, 2.75) is 45.3 Å². The first kappa shape index (κ1) is 15.3. The summed E-state index contributed by atoms with van der Waals surface area (Å²) < 4.78 is 5.41. The third-order valence-corrected chi connectivity index (χ3v) is 3.50. The smallest absolute Gasteiger partial charge is 0.308 e. The number of carbonyl (C=O) groups excluding carboxylic acids is 1. The molecule has 2 atom stereocenters. The number of carboxylic acid groups (broad SMARTS) is 1. The monoisotopic (exact) mass is 292 g/mol. The van der Waals surface area contributed by atoms with E-state index in [0.29, 0.717) is 24.3 Å². The summed E-state index contributed by atoms with van der Waals surface area (Å²) in [4.78, 5) is 27.3. The number of aliphatic carboxylic acids is 1. The predicted octanol–water partition coefficient (Wildman–Crippen LogP) is 1.85. The van der Waals surface area contributed by atoms with Gasteiger partial charge in [-0.1, -0.05) is 6.42 Å². The summed E-state index contributed by atoms with van der Waals surface area (Å²) in [6, 6.07) is 2.96. The van der Waals surface area contributed by atoms with Crippen LogP contribution in [0, 0.1) is 5.92 Å². The Labute approximate surface area is 123 Å². The molecule has 21 heavy (non-hydrogen) atoms. The van der Waals surface area contributed by atoms with Gasteiger partial charge < -0.3 is 15.2 Å². The van der Waals surface area contributed by atoms with E-state index in [1.807, 2.05) is 13.8 Å². The van der Waals surface area contributed by atoms with E-state index >= 15 is 0 Å². The zero-order chi connectivity index (χ0) is 15.4. The summed E-state index contributed by atoms with van der Waals surface area (Å²) in [7, 11) is 0. The highest BCUT2D eigenvalue weighted by Crippen LogP contribution is 2.26. The van der Waals surface area contributed by atoms with Crippen LogP contribution in [0.3, 0.4) is 0 Å². The van der Waals surface area contributed by atoms with Crippen molar-refractivity contribution in [1.82, 2.24) is 10.3 Å². The van der Waals surface area contributed by atoms with Crippen molar-refractivity contribution in [3.05, 3.63) is 23.9 Å². The Morgan fingerprint density at radius 3 is 2.71 bits per heavy atom. The number of nitrogens with one attached hydrogen (secondary N) is 1. The third-order valence-electron chi connectivity index (χ3n) is 3.50. The van der Waals surface area contributed by atoms with Gasteiger partial charge in [-0.2, -0.15) is 0 Å². The first-order valence-corrected chi connectivity index (χ1v) is 7.13. The molecule has 0 spiro atoms. The summed E-state index contributed by atoms with van der Waals surface area (Å²) in [5.41, 5.74) is 0.405. The van der Waals surface area contributed by atoms with Gasteiger partial charge in [0.2, 0.25) is 5.88 Å². The fourth-order valence-electron chi connectivity index (χ4n) is 2.51. The molecule has 0 radical (unpaired) electrons. The molecule has 1 aromatic heterocycles. The standard InChI is InChI=1S/C15H20N2O4/c1-9(2)21-13-7-6-10(8-16-13)14(18)17-12-5-3-4-11(12)15(19)20/h6-9,11-12H,3-5H2,1-2H3,(H,17,18)(H,19,20)/t11-,12+/m0/s1. The van der Waals surface area contributed by atoms with Gasteiger partial charge in [0.05, 0.1) is 17.6 Å². The average molecular weight is 292 g/mol. The maximum absolute atomic E-state index is 12.1. The Kier molecular flexibility index (Phi) is 4.77. The van der Waals surface area contributed by atoms with E-state index in [-0.39, 0.29) is 18.1 Å². The number of pyridine rings is 1. The number of nitrogens with zero attached hydrogens (tertiary/aromatic N) is 1. The quantitative estimate of drug-likeness (QED) is 0.864. The second kappa shape index (κ2) is 6.56. The number of carbonyl (C=O) groups is 2. The predicted molar refractivity (Wildman–Crippen MR) is 76.2 cm³/mol. The zero-order valence-corrected chi connectivity index (χ0v) is 12.2. The van der Waals surface area contributed by atoms with Crippen LogP contribution in [-0.2, 0) is 4.79 Å². The molecule has 0 aromatic carbocycles.